The number of anilines is 1. The average Bonchev–Trinajstić information content (AvgIpc) is 2.63. The first-order valence-electron chi connectivity index (χ1n) is 7.48. The van der Waals surface area contributed by atoms with E-state index < -0.39 is 0 Å². The molecule has 6 heteroatoms. The average molecular weight is 342 g/mol. The summed E-state index contributed by atoms with van der Waals surface area (Å²) < 4.78 is 18.4. The van der Waals surface area contributed by atoms with Crippen molar-refractivity contribution < 1.29 is 19.8 Å². The summed E-state index contributed by atoms with van der Waals surface area (Å²) in [5.41, 5.74) is 6.04. The van der Waals surface area contributed by atoms with Gasteiger partial charge >= 0.3 is 0 Å². The van der Waals surface area contributed by atoms with Gasteiger partial charge in [-0.3, -0.25) is 10.7 Å². The largest absolute Gasteiger partial charge is 0.494 e. The molecule has 0 atom stereocenters. The predicted molar refractivity (Wildman–Crippen MR) is 94.5 cm³/mol. The Morgan fingerprint density at radius 3 is 2.52 bits per heavy atom. The molecule has 0 spiro atoms. The van der Waals surface area contributed by atoms with E-state index in [0.29, 0.717) is 23.6 Å². The second-order valence-electron chi connectivity index (χ2n) is 5.35. The van der Waals surface area contributed by atoms with Crippen molar-refractivity contribution in [2.75, 3.05) is 12.6 Å². The van der Waals surface area contributed by atoms with Crippen LogP contribution in [-0.2, 0) is 6.42 Å². The van der Waals surface area contributed by atoms with Crippen LogP contribution in [0.1, 0.15) is 11.3 Å². The van der Waals surface area contributed by atoms with Gasteiger partial charge in [0.05, 0.1) is 12.8 Å². The quantitative estimate of drug-likeness (QED) is 0.695. The van der Waals surface area contributed by atoms with Crippen molar-refractivity contribution in [1.29, 1.82) is 0 Å². The zero-order valence-corrected chi connectivity index (χ0v) is 13.7. The first kappa shape index (κ1) is 18.4. The van der Waals surface area contributed by atoms with Crippen LogP contribution in [0.15, 0.2) is 60.7 Å². The Balaban J connectivity index is 0.00000225. The van der Waals surface area contributed by atoms with Crippen molar-refractivity contribution in [3.8, 4) is 17.0 Å². The van der Waals surface area contributed by atoms with Crippen LogP contribution in [0.3, 0.4) is 0 Å². The van der Waals surface area contributed by atoms with Crippen LogP contribution >= 0.6 is 0 Å². The van der Waals surface area contributed by atoms with Crippen LogP contribution in [0.5, 0.6) is 5.75 Å². The molecule has 25 heavy (non-hydrogen) atoms. The summed E-state index contributed by atoms with van der Waals surface area (Å²) in [7, 11) is 1.59. The van der Waals surface area contributed by atoms with E-state index in [1.54, 1.807) is 31.4 Å². The van der Waals surface area contributed by atoms with Gasteiger partial charge in [0.15, 0.2) is 0 Å². The summed E-state index contributed by atoms with van der Waals surface area (Å²) in [4.78, 5) is 4.68. The fourth-order valence-electron chi connectivity index (χ4n) is 2.50. The summed E-state index contributed by atoms with van der Waals surface area (Å²) in [5.74, 6) is 0.392. The van der Waals surface area contributed by atoms with E-state index in [0.717, 1.165) is 16.8 Å². The van der Waals surface area contributed by atoms with Crippen LogP contribution in [0.4, 0.5) is 10.1 Å². The number of nitrogens with one attached hydrogen (secondary N) is 1. The lowest BCUT2D eigenvalue weighted by molar-refractivity contribution is 0.389. The van der Waals surface area contributed by atoms with Crippen molar-refractivity contribution in [3.63, 3.8) is 0 Å². The number of hydrogen-bond acceptors (Lipinski definition) is 4. The lowest BCUT2D eigenvalue weighted by atomic mass is 10.1. The molecule has 0 saturated heterocycles. The van der Waals surface area contributed by atoms with Gasteiger partial charge < -0.3 is 10.2 Å². The molecule has 0 aliphatic carbocycles. The van der Waals surface area contributed by atoms with E-state index in [-0.39, 0.29) is 11.3 Å². The number of aromatic nitrogens is 1. The van der Waals surface area contributed by atoms with Crippen molar-refractivity contribution in [2.45, 2.75) is 6.42 Å². The van der Waals surface area contributed by atoms with Crippen LogP contribution in [0.2, 0.25) is 0 Å². The SMILES string of the molecule is COc1ccc(Cc2ccc(F)cc2)nc1-c1cccc(NO)c1.O. The highest BCUT2D eigenvalue weighted by Crippen LogP contribution is 2.30. The fourth-order valence-corrected chi connectivity index (χ4v) is 2.50. The molecule has 1 aromatic heterocycles. The van der Waals surface area contributed by atoms with Gasteiger partial charge in [-0.1, -0.05) is 24.3 Å². The third-order valence-electron chi connectivity index (χ3n) is 3.70. The molecule has 5 nitrogen and oxygen atoms in total. The molecule has 0 aliphatic rings. The summed E-state index contributed by atoms with van der Waals surface area (Å²) in [6, 6.07) is 17.4. The lowest BCUT2D eigenvalue weighted by Crippen LogP contribution is -1.98. The molecule has 4 N–H and O–H groups in total. The number of pyridine rings is 1. The summed E-state index contributed by atoms with van der Waals surface area (Å²) >= 11 is 0. The Morgan fingerprint density at radius 1 is 1.08 bits per heavy atom. The predicted octanol–water partition coefficient (Wildman–Crippen LogP) is 3.46. The molecule has 0 amide bonds. The van der Waals surface area contributed by atoms with Gasteiger partial charge in [0.2, 0.25) is 0 Å². The minimum atomic E-state index is -0.254. The van der Waals surface area contributed by atoms with Gasteiger partial charge in [-0.15, -0.1) is 0 Å². The minimum Gasteiger partial charge on any atom is -0.494 e. The van der Waals surface area contributed by atoms with Crippen molar-refractivity contribution in [3.05, 3.63) is 77.7 Å². The third kappa shape index (κ3) is 4.32. The highest BCUT2D eigenvalue weighted by molar-refractivity contribution is 5.70. The van der Waals surface area contributed by atoms with Crippen LogP contribution in [0, 0.1) is 5.82 Å². The maximum absolute atomic E-state index is 13.0. The first-order valence-corrected chi connectivity index (χ1v) is 7.48. The fraction of sp³-hybridized carbons (Fsp3) is 0.105. The Bertz CT molecular complexity index is 838. The Hall–Kier alpha value is -2.96. The van der Waals surface area contributed by atoms with Crippen molar-refractivity contribution in [1.82, 2.24) is 4.98 Å². The molecule has 0 radical (unpaired) electrons. The van der Waals surface area contributed by atoms with E-state index in [1.807, 2.05) is 24.3 Å². The Labute approximate surface area is 145 Å². The van der Waals surface area contributed by atoms with Gasteiger partial charge in [-0.2, -0.15) is 0 Å². The normalized spacial score (nSPS) is 10.0. The minimum absolute atomic E-state index is 0. The lowest BCUT2D eigenvalue weighted by Gasteiger charge is -2.11. The number of benzene rings is 2. The Morgan fingerprint density at radius 2 is 1.84 bits per heavy atom. The first-order chi connectivity index (χ1) is 11.7. The number of halogens is 1. The van der Waals surface area contributed by atoms with Crippen LogP contribution in [-0.4, -0.2) is 22.8 Å². The number of ether oxygens (including phenoxy) is 1. The van der Waals surface area contributed by atoms with E-state index in [9.17, 15) is 4.39 Å². The maximum Gasteiger partial charge on any atom is 0.145 e. The highest BCUT2D eigenvalue weighted by atomic mass is 19.1. The number of nitrogens with zero attached hydrogens (tertiary/aromatic N) is 1. The molecule has 1 heterocycles. The van der Waals surface area contributed by atoms with Crippen molar-refractivity contribution in [2.24, 2.45) is 0 Å². The van der Waals surface area contributed by atoms with Gasteiger partial charge in [-0.05, 0) is 42.0 Å². The molecule has 3 aromatic rings. The molecule has 0 unspecified atom stereocenters. The van der Waals surface area contributed by atoms with Gasteiger partial charge in [0.1, 0.15) is 17.3 Å². The topological polar surface area (TPSA) is 85.9 Å². The van der Waals surface area contributed by atoms with E-state index >= 15 is 0 Å². The molecule has 0 fully saturated rings. The monoisotopic (exact) mass is 342 g/mol. The maximum atomic E-state index is 13.0. The second-order valence-corrected chi connectivity index (χ2v) is 5.35. The second kappa shape index (κ2) is 8.23. The molecular formula is C19H19FN2O3. The van der Waals surface area contributed by atoms with Gasteiger partial charge in [0, 0.05) is 17.7 Å². The van der Waals surface area contributed by atoms with E-state index in [2.05, 4.69) is 10.5 Å². The zero-order valence-electron chi connectivity index (χ0n) is 13.7. The van der Waals surface area contributed by atoms with Gasteiger partial charge in [-0.25, -0.2) is 9.37 Å². The molecule has 2 aromatic carbocycles. The summed E-state index contributed by atoms with van der Waals surface area (Å²) in [5, 5.41) is 9.07. The smallest absolute Gasteiger partial charge is 0.145 e. The number of rotatable bonds is 5. The molecule has 0 bridgehead atoms. The molecule has 130 valence electrons. The number of hydrogen-bond donors (Lipinski definition) is 2. The summed E-state index contributed by atoms with van der Waals surface area (Å²) in [6.45, 7) is 0. The number of methoxy groups -OCH3 is 1. The van der Waals surface area contributed by atoms with Crippen LogP contribution in [0.25, 0.3) is 11.3 Å². The van der Waals surface area contributed by atoms with E-state index in [4.69, 9.17) is 9.94 Å². The van der Waals surface area contributed by atoms with E-state index in [1.165, 1.54) is 12.1 Å². The van der Waals surface area contributed by atoms with Crippen molar-refractivity contribution >= 4 is 5.69 Å². The highest BCUT2D eigenvalue weighted by Gasteiger charge is 2.10. The molecule has 0 saturated carbocycles. The molecule has 0 aliphatic heterocycles. The van der Waals surface area contributed by atoms with Gasteiger partial charge in [0.25, 0.3) is 0 Å². The zero-order chi connectivity index (χ0) is 16.9. The third-order valence-corrected chi connectivity index (χ3v) is 3.70. The molecule has 3 rings (SSSR count). The standard InChI is InChI=1S/C19H17FN2O2.H2O/c1-24-18-10-9-16(11-13-5-7-15(20)8-6-13)21-19(18)14-3-2-4-17(12-14)22-23;/h2-10,12,22-23H,11H2,1H3;1H2. The molecular weight excluding hydrogens is 323 g/mol. The summed E-state index contributed by atoms with van der Waals surface area (Å²) in [6.07, 6.45) is 0.592. The van der Waals surface area contributed by atoms with Crippen LogP contribution < -0.4 is 10.2 Å². The Kier molecular flexibility index (Phi) is 6.05.